The number of thiophene rings is 1. The molecule has 0 N–H and O–H groups in total. The van der Waals surface area contributed by atoms with Crippen molar-refractivity contribution in [3.8, 4) is 22.3 Å². The van der Waals surface area contributed by atoms with Crippen LogP contribution in [0.3, 0.4) is 0 Å². The Hall–Kier alpha value is -1.42. The normalized spacial score (nSPS) is 11.0. The fourth-order valence-electron chi connectivity index (χ4n) is 2.83. The quantitative estimate of drug-likeness (QED) is 0.297. The van der Waals surface area contributed by atoms with Crippen LogP contribution in [0.4, 0.5) is 0 Å². The molecule has 23 heavy (non-hydrogen) atoms. The third-order valence-corrected chi connectivity index (χ3v) is 6.55. The number of fused-ring (bicyclic) bond motifs is 1. The van der Waals surface area contributed by atoms with Crippen molar-refractivity contribution < 1.29 is 0 Å². The van der Waals surface area contributed by atoms with Crippen LogP contribution in [-0.2, 0) is 0 Å². The summed E-state index contributed by atoms with van der Waals surface area (Å²) < 4.78 is 2.33. The van der Waals surface area contributed by atoms with Crippen molar-refractivity contribution >= 4 is 54.0 Å². The summed E-state index contributed by atoms with van der Waals surface area (Å²) in [5, 5.41) is 2.50. The molecule has 0 radical (unpaired) electrons. The van der Waals surface area contributed by atoms with Gasteiger partial charge < -0.3 is 0 Å². The highest BCUT2D eigenvalue weighted by molar-refractivity contribution is 9.12. The molecule has 0 fully saturated rings. The maximum Gasteiger partial charge on any atom is 0.0789 e. The van der Waals surface area contributed by atoms with Gasteiger partial charge in [0.05, 0.1) is 7.57 Å². The van der Waals surface area contributed by atoms with Gasteiger partial charge >= 0.3 is 0 Å². The first kappa shape index (κ1) is 15.1. The van der Waals surface area contributed by atoms with Gasteiger partial charge in [0.1, 0.15) is 0 Å². The molecule has 0 aliphatic heterocycles. The van der Waals surface area contributed by atoms with Crippen LogP contribution < -0.4 is 0 Å². The summed E-state index contributed by atoms with van der Waals surface area (Å²) in [4.78, 5) is 0. The third kappa shape index (κ3) is 2.78. The number of hydrogen-bond donors (Lipinski definition) is 0. The van der Waals surface area contributed by atoms with Crippen molar-refractivity contribution in [2.75, 3.05) is 0 Å². The summed E-state index contributed by atoms with van der Waals surface area (Å²) in [6.45, 7) is 0. The van der Waals surface area contributed by atoms with Crippen LogP contribution in [0.25, 0.3) is 33.0 Å². The SMILES string of the molecule is Brc1sc(Br)c2cc(-c3ccccc3)c(-c3ccccc3)cc12. The van der Waals surface area contributed by atoms with Crippen molar-refractivity contribution in [2.45, 2.75) is 0 Å². The summed E-state index contributed by atoms with van der Waals surface area (Å²) >= 11 is 9.11. The molecule has 112 valence electrons. The Morgan fingerprint density at radius 1 is 0.565 bits per heavy atom. The van der Waals surface area contributed by atoms with Crippen LogP contribution in [0.15, 0.2) is 80.4 Å². The largest absolute Gasteiger partial charge is 0.120 e. The molecule has 0 bridgehead atoms. The van der Waals surface area contributed by atoms with E-state index in [1.54, 1.807) is 11.3 Å². The smallest absolute Gasteiger partial charge is 0.0789 e. The van der Waals surface area contributed by atoms with Crippen molar-refractivity contribution in [3.05, 3.63) is 80.4 Å². The Morgan fingerprint density at radius 2 is 0.957 bits per heavy atom. The van der Waals surface area contributed by atoms with Gasteiger partial charge in [-0.25, -0.2) is 0 Å². The molecule has 0 unspecified atom stereocenters. The summed E-state index contributed by atoms with van der Waals surface area (Å²) in [5.41, 5.74) is 5.00. The monoisotopic (exact) mass is 442 g/mol. The van der Waals surface area contributed by atoms with E-state index in [4.69, 9.17) is 0 Å². The zero-order chi connectivity index (χ0) is 15.8. The average Bonchev–Trinajstić information content (AvgIpc) is 2.89. The highest BCUT2D eigenvalue weighted by Gasteiger charge is 2.14. The summed E-state index contributed by atoms with van der Waals surface area (Å²) in [6.07, 6.45) is 0. The van der Waals surface area contributed by atoms with Gasteiger partial charge in [-0.2, -0.15) is 0 Å². The minimum Gasteiger partial charge on any atom is -0.120 e. The molecule has 0 aliphatic carbocycles. The molecule has 0 saturated carbocycles. The average molecular weight is 444 g/mol. The van der Waals surface area contributed by atoms with Crippen LogP contribution in [0.2, 0.25) is 0 Å². The molecule has 3 heteroatoms. The van der Waals surface area contributed by atoms with Crippen molar-refractivity contribution in [1.29, 1.82) is 0 Å². The Bertz CT molecular complexity index is 893. The number of halogens is 2. The molecule has 0 aliphatic rings. The second kappa shape index (κ2) is 6.23. The maximum atomic E-state index is 3.69. The fraction of sp³-hybridized carbons (Fsp3) is 0. The standard InChI is InChI=1S/C20H12Br2S/c21-19-17-11-15(13-7-3-1-4-8-13)16(12-18(17)20(22)23-19)14-9-5-2-6-10-14/h1-12H. The number of rotatable bonds is 2. The molecule has 1 aromatic heterocycles. The first-order valence-corrected chi connectivity index (χ1v) is 9.66. The van der Waals surface area contributed by atoms with Gasteiger partial charge in [0.15, 0.2) is 0 Å². The molecule has 1 heterocycles. The molecule has 3 aromatic carbocycles. The highest BCUT2D eigenvalue weighted by atomic mass is 79.9. The minimum absolute atomic E-state index is 1.16. The fourth-order valence-corrected chi connectivity index (χ4v) is 5.82. The predicted octanol–water partition coefficient (Wildman–Crippen LogP) is 7.76. The summed E-state index contributed by atoms with van der Waals surface area (Å²) in [7, 11) is 0. The lowest BCUT2D eigenvalue weighted by atomic mass is 9.93. The van der Waals surface area contributed by atoms with Gasteiger partial charge in [-0.1, -0.05) is 60.7 Å². The van der Waals surface area contributed by atoms with E-state index in [0.717, 1.165) is 7.57 Å². The Labute approximate surface area is 156 Å². The van der Waals surface area contributed by atoms with Crippen LogP contribution in [-0.4, -0.2) is 0 Å². The second-order valence-electron chi connectivity index (χ2n) is 5.32. The molecule has 0 saturated heterocycles. The Balaban J connectivity index is 2.08. The van der Waals surface area contributed by atoms with E-state index < -0.39 is 0 Å². The van der Waals surface area contributed by atoms with Gasteiger partial charge in [0.25, 0.3) is 0 Å². The summed E-state index contributed by atoms with van der Waals surface area (Å²) in [6, 6.07) is 25.7. The van der Waals surface area contributed by atoms with Crippen LogP contribution in [0.5, 0.6) is 0 Å². The zero-order valence-electron chi connectivity index (χ0n) is 12.1. The van der Waals surface area contributed by atoms with E-state index >= 15 is 0 Å². The van der Waals surface area contributed by atoms with E-state index in [-0.39, 0.29) is 0 Å². The van der Waals surface area contributed by atoms with Crippen LogP contribution >= 0.6 is 43.2 Å². The Morgan fingerprint density at radius 3 is 1.35 bits per heavy atom. The molecule has 4 aromatic rings. The molecular formula is C20H12Br2S. The first-order chi connectivity index (χ1) is 11.2. The van der Waals surface area contributed by atoms with Gasteiger partial charge in [-0.3, -0.25) is 0 Å². The lowest BCUT2D eigenvalue weighted by Gasteiger charge is -2.11. The third-order valence-electron chi connectivity index (χ3n) is 3.93. The van der Waals surface area contributed by atoms with Gasteiger partial charge in [-0.05, 0) is 66.2 Å². The van der Waals surface area contributed by atoms with Crippen molar-refractivity contribution in [2.24, 2.45) is 0 Å². The van der Waals surface area contributed by atoms with Gasteiger partial charge in [-0.15, -0.1) is 11.3 Å². The first-order valence-electron chi connectivity index (χ1n) is 7.26. The van der Waals surface area contributed by atoms with E-state index in [9.17, 15) is 0 Å². The number of benzene rings is 3. The van der Waals surface area contributed by atoms with Crippen molar-refractivity contribution in [1.82, 2.24) is 0 Å². The molecular weight excluding hydrogens is 432 g/mol. The molecule has 4 rings (SSSR count). The van der Waals surface area contributed by atoms with E-state index in [0.29, 0.717) is 0 Å². The summed E-state index contributed by atoms with van der Waals surface area (Å²) in [5.74, 6) is 0. The van der Waals surface area contributed by atoms with Gasteiger partial charge in [0, 0.05) is 10.8 Å². The van der Waals surface area contributed by atoms with Gasteiger partial charge in [0.2, 0.25) is 0 Å². The lowest BCUT2D eigenvalue weighted by molar-refractivity contribution is 1.61. The molecule has 0 spiro atoms. The van der Waals surface area contributed by atoms with Crippen LogP contribution in [0.1, 0.15) is 0 Å². The predicted molar refractivity (Wildman–Crippen MR) is 108 cm³/mol. The molecule has 0 amide bonds. The van der Waals surface area contributed by atoms with E-state index in [1.807, 2.05) is 0 Å². The lowest BCUT2D eigenvalue weighted by Crippen LogP contribution is -1.85. The van der Waals surface area contributed by atoms with Crippen molar-refractivity contribution in [3.63, 3.8) is 0 Å². The zero-order valence-corrected chi connectivity index (χ0v) is 16.1. The van der Waals surface area contributed by atoms with E-state index in [2.05, 4.69) is 105 Å². The molecule has 0 nitrogen and oxygen atoms in total. The highest BCUT2D eigenvalue weighted by Crippen LogP contribution is 2.44. The number of hydrogen-bond acceptors (Lipinski definition) is 1. The topological polar surface area (TPSA) is 0 Å². The van der Waals surface area contributed by atoms with E-state index in [1.165, 1.54) is 33.0 Å². The van der Waals surface area contributed by atoms with Crippen LogP contribution in [0, 0.1) is 0 Å². The second-order valence-corrected chi connectivity index (χ2v) is 8.98. The minimum atomic E-state index is 1.16. The Kier molecular flexibility index (Phi) is 4.10. The molecule has 0 atom stereocenters. The maximum absolute atomic E-state index is 3.69.